The first-order valence-corrected chi connectivity index (χ1v) is 4.43. The van der Waals surface area contributed by atoms with E-state index in [1.165, 1.54) is 0 Å². The molecule has 1 aromatic heterocycles. The van der Waals surface area contributed by atoms with Crippen molar-refractivity contribution in [3.63, 3.8) is 0 Å². The minimum Gasteiger partial charge on any atom is -0.494 e. The molecule has 1 aromatic carbocycles. The van der Waals surface area contributed by atoms with Crippen LogP contribution in [0.1, 0.15) is 0 Å². The molecule has 0 amide bonds. The Balaban J connectivity index is 2.50. The zero-order chi connectivity index (χ0) is 9.97. The van der Waals surface area contributed by atoms with Crippen LogP contribution in [0, 0.1) is 6.07 Å². The number of ether oxygens (including phenoxy) is 1. The van der Waals surface area contributed by atoms with Gasteiger partial charge in [0.25, 0.3) is 0 Å². The van der Waals surface area contributed by atoms with Gasteiger partial charge in [-0.2, -0.15) is 5.10 Å². The molecule has 1 heterocycles. The number of halogens is 1. The highest BCUT2D eigenvalue weighted by atomic mass is 35.5. The van der Waals surface area contributed by atoms with Gasteiger partial charge in [-0.1, -0.05) is 17.7 Å². The predicted octanol–water partition coefficient (Wildman–Crippen LogP) is 2.33. The van der Waals surface area contributed by atoms with Crippen molar-refractivity contribution < 1.29 is 4.74 Å². The monoisotopic (exact) mass is 207 g/mol. The second kappa shape index (κ2) is 3.72. The average molecular weight is 208 g/mol. The summed E-state index contributed by atoms with van der Waals surface area (Å²) in [4.78, 5) is 0. The maximum atomic E-state index is 5.77. The molecule has 0 aliphatic heterocycles. The molecule has 0 atom stereocenters. The Morgan fingerprint density at radius 1 is 1.57 bits per heavy atom. The van der Waals surface area contributed by atoms with Gasteiger partial charge in [0.1, 0.15) is 11.4 Å². The largest absolute Gasteiger partial charge is 0.494 e. The SMILES string of the molecule is COc1cc[c]cc1-n1cc(Cl)cn1. The number of nitrogens with zero attached hydrogens (tertiary/aromatic N) is 2. The van der Waals surface area contributed by atoms with Gasteiger partial charge in [0.05, 0.1) is 18.3 Å². The van der Waals surface area contributed by atoms with Crippen LogP contribution in [0.2, 0.25) is 5.02 Å². The lowest BCUT2D eigenvalue weighted by Gasteiger charge is -2.06. The highest BCUT2D eigenvalue weighted by molar-refractivity contribution is 6.30. The summed E-state index contributed by atoms with van der Waals surface area (Å²) in [5, 5.41) is 4.67. The van der Waals surface area contributed by atoms with E-state index in [0.29, 0.717) is 5.02 Å². The molecule has 71 valence electrons. The normalized spacial score (nSPS) is 10.1. The minimum absolute atomic E-state index is 0.593. The van der Waals surface area contributed by atoms with Crippen molar-refractivity contribution in [2.45, 2.75) is 0 Å². The van der Waals surface area contributed by atoms with E-state index >= 15 is 0 Å². The van der Waals surface area contributed by atoms with Crippen LogP contribution in [0.4, 0.5) is 0 Å². The number of rotatable bonds is 2. The molecule has 2 rings (SSSR count). The van der Waals surface area contributed by atoms with Gasteiger partial charge >= 0.3 is 0 Å². The minimum atomic E-state index is 0.593. The molecule has 0 N–H and O–H groups in total. The van der Waals surface area contributed by atoms with Crippen LogP contribution >= 0.6 is 11.6 Å². The molecule has 4 heteroatoms. The van der Waals surface area contributed by atoms with E-state index in [1.54, 1.807) is 36.3 Å². The molecule has 0 fully saturated rings. The maximum Gasteiger partial charge on any atom is 0.144 e. The van der Waals surface area contributed by atoms with Crippen molar-refractivity contribution >= 4 is 11.6 Å². The lowest BCUT2D eigenvalue weighted by atomic mass is 10.3. The summed E-state index contributed by atoms with van der Waals surface area (Å²) in [6, 6.07) is 8.36. The van der Waals surface area contributed by atoms with E-state index in [9.17, 15) is 0 Å². The van der Waals surface area contributed by atoms with E-state index in [2.05, 4.69) is 11.2 Å². The van der Waals surface area contributed by atoms with Gasteiger partial charge in [0.15, 0.2) is 0 Å². The third-order valence-corrected chi connectivity index (χ3v) is 2.02. The number of benzene rings is 1. The molecular weight excluding hydrogens is 200 g/mol. The van der Waals surface area contributed by atoms with Crippen molar-refractivity contribution in [1.29, 1.82) is 0 Å². The summed E-state index contributed by atoms with van der Waals surface area (Å²) in [6.45, 7) is 0. The Hall–Kier alpha value is -1.48. The smallest absolute Gasteiger partial charge is 0.144 e. The fourth-order valence-corrected chi connectivity index (χ4v) is 1.33. The van der Waals surface area contributed by atoms with E-state index in [0.717, 1.165) is 11.4 Å². The van der Waals surface area contributed by atoms with Gasteiger partial charge in [0, 0.05) is 6.20 Å². The van der Waals surface area contributed by atoms with Crippen molar-refractivity contribution in [3.8, 4) is 11.4 Å². The van der Waals surface area contributed by atoms with Gasteiger partial charge in [0.2, 0.25) is 0 Å². The third-order valence-electron chi connectivity index (χ3n) is 1.82. The van der Waals surface area contributed by atoms with Crippen molar-refractivity contribution in [2.75, 3.05) is 7.11 Å². The van der Waals surface area contributed by atoms with Crippen LogP contribution in [0.5, 0.6) is 5.75 Å². The molecule has 0 saturated carbocycles. The van der Waals surface area contributed by atoms with Gasteiger partial charge in [-0.05, 0) is 18.2 Å². The van der Waals surface area contributed by atoms with Gasteiger partial charge in [-0.25, -0.2) is 4.68 Å². The van der Waals surface area contributed by atoms with Crippen LogP contribution in [0.25, 0.3) is 5.69 Å². The molecule has 0 spiro atoms. The third kappa shape index (κ3) is 1.59. The summed E-state index contributed by atoms with van der Waals surface area (Å²) in [5.74, 6) is 0.739. The number of hydrogen-bond acceptors (Lipinski definition) is 2. The maximum absolute atomic E-state index is 5.77. The number of aromatic nitrogens is 2. The first-order valence-electron chi connectivity index (χ1n) is 4.06. The summed E-state index contributed by atoms with van der Waals surface area (Å²) in [7, 11) is 1.62. The average Bonchev–Trinajstić information content (AvgIpc) is 2.65. The van der Waals surface area contributed by atoms with Crippen molar-refractivity contribution in [2.24, 2.45) is 0 Å². The summed E-state index contributed by atoms with van der Waals surface area (Å²) in [5.41, 5.74) is 0.821. The van der Waals surface area contributed by atoms with Crippen molar-refractivity contribution in [1.82, 2.24) is 9.78 Å². The Morgan fingerprint density at radius 3 is 3.07 bits per heavy atom. The topological polar surface area (TPSA) is 27.1 Å². The first kappa shape index (κ1) is 9.09. The Labute approximate surface area is 86.9 Å². The zero-order valence-corrected chi connectivity index (χ0v) is 8.32. The molecule has 0 saturated heterocycles. The quantitative estimate of drug-likeness (QED) is 0.756. The number of methoxy groups -OCH3 is 1. The molecule has 2 aromatic rings. The summed E-state index contributed by atoms with van der Waals surface area (Å²) in [6.07, 6.45) is 3.29. The summed E-state index contributed by atoms with van der Waals surface area (Å²) >= 11 is 5.77. The Morgan fingerprint density at radius 2 is 2.43 bits per heavy atom. The second-order valence-electron chi connectivity index (χ2n) is 2.70. The van der Waals surface area contributed by atoms with E-state index in [1.807, 2.05) is 6.07 Å². The number of hydrogen-bond donors (Lipinski definition) is 0. The van der Waals surface area contributed by atoms with Crippen LogP contribution in [-0.2, 0) is 0 Å². The molecule has 14 heavy (non-hydrogen) atoms. The van der Waals surface area contributed by atoms with E-state index in [4.69, 9.17) is 16.3 Å². The molecule has 0 bridgehead atoms. The van der Waals surface area contributed by atoms with Gasteiger partial charge in [-0.15, -0.1) is 0 Å². The van der Waals surface area contributed by atoms with Crippen LogP contribution < -0.4 is 4.74 Å². The van der Waals surface area contributed by atoms with Crippen LogP contribution in [-0.4, -0.2) is 16.9 Å². The molecule has 0 aliphatic rings. The fraction of sp³-hybridized carbons (Fsp3) is 0.100. The lowest BCUT2D eigenvalue weighted by Crippen LogP contribution is -1.97. The molecule has 0 aliphatic carbocycles. The second-order valence-corrected chi connectivity index (χ2v) is 3.14. The Bertz CT molecular complexity index is 439. The van der Waals surface area contributed by atoms with Crippen LogP contribution in [0.15, 0.2) is 30.6 Å². The molecule has 0 unspecified atom stereocenters. The lowest BCUT2D eigenvalue weighted by molar-refractivity contribution is 0.411. The van der Waals surface area contributed by atoms with E-state index in [-0.39, 0.29) is 0 Å². The fourth-order valence-electron chi connectivity index (χ4n) is 1.19. The highest BCUT2D eigenvalue weighted by Crippen LogP contribution is 2.21. The van der Waals surface area contributed by atoms with E-state index < -0.39 is 0 Å². The van der Waals surface area contributed by atoms with Gasteiger partial charge < -0.3 is 4.74 Å². The zero-order valence-electron chi connectivity index (χ0n) is 7.57. The van der Waals surface area contributed by atoms with Crippen molar-refractivity contribution in [3.05, 3.63) is 41.7 Å². The van der Waals surface area contributed by atoms with Gasteiger partial charge in [-0.3, -0.25) is 0 Å². The molecular formula is C10H8ClN2O. The van der Waals surface area contributed by atoms with Crippen LogP contribution in [0.3, 0.4) is 0 Å². The standard InChI is InChI=1S/C10H8ClN2O/c1-14-10-5-3-2-4-9(10)13-7-8(11)6-12-13/h3-7H,1H3. The Kier molecular flexibility index (Phi) is 2.41. The predicted molar refractivity (Wildman–Crippen MR) is 54.0 cm³/mol. The highest BCUT2D eigenvalue weighted by Gasteiger charge is 2.04. The molecule has 1 radical (unpaired) electrons. The summed E-state index contributed by atoms with van der Waals surface area (Å²) < 4.78 is 6.84. The molecule has 3 nitrogen and oxygen atoms in total. The first-order chi connectivity index (χ1) is 6.81.